The fourth-order valence-electron chi connectivity index (χ4n) is 1.76. The summed E-state index contributed by atoms with van der Waals surface area (Å²) in [5, 5.41) is 5.56. The van der Waals surface area contributed by atoms with Crippen LogP contribution >= 0.6 is 0 Å². The van der Waals surface area contributed by atoms with Gasteiger partial charge < -0.3 is 10.6 Å². The lowest BCUT2D eigenvalue weighted by atomic mass is 10.0. The zero-order valence-electron chi connectivity index (χ0n) is 11.3. The quantitative estimate of drug-likeness (QED) is 0.615. The molecule has 96 valence electrons. The number of rotatable bonds is 8. The molecule has 0 aliphatic heterocycles. The van der Waals surface area contributed by atoms with Gasteiger partial charge in [-0.3, -0.25) is 0 Å². The highest BCUT2D eigenvalue weighted by molar-refractivity contribution is 5.73. The monoisotopic (exact) mass is 228 g/mol. The van der Waals surface area contributed by atoms with Crippen molar-refractivity contribution in [2.45, 2.75) is 65.3 Å². The Morgan fingerprint density at radius 3 is 2.25 bits per heavy atom. The van der Waals surface area contributed by atoms with Gasteiger partial charge in [0, 0.05) is 13.1 Å². The van der Waals surface area contributed by atoms with E-state index in [1.807, 2.05) is 0 Å². The van der Waals surface area contributed by atoms with Gasteiger partial charge in [-0.25, -0.2) is 4.79 Å². The predicted octanol–water partition coefficient (Wildman–Crippen LogP) is 3.30. The first kappa shape index (κ1) is 15.3. The lowest BCUT2D eigenvalue weighted by molar-refractivity contribution is 0.237. The second-order valence-corrected chi connectivity index (χ2v) is 4.86. The highest BCUT2D eigenvalue weighted by atomic mass is 16.2. The van der Waals surface area contributed by atoms with E-state index in [0.29, 0.717) is 6.04 Å². The Balaban J connectivity index is 3.51. The lowest BCUT2D eigenvalue weighted by Gasteiger charge is -2.16. The molecule has 1 atom stereocenters. The summed E-state index contributed by atoms with van der Waals surface area (Å²) in [5.41, 5.74) is 0. The summed E-state index contributed by atoms with van der Waals surface area (Å²) in [7, 11) is 1.66. The van der Waals surface area contributed by atoms with Crippen LogP contribution in [0.5, 0.6) is 0 Å². The molecule has 0 bridgehead atoms. The Kier molecular flexibility index (Phi) is 9.06. The minimum absolute atomic E-state index is 0.0611. The summed E-state index contributed by atoms with van der Waals surface area (Å²) < 4.78 is 0. The normalized spacial score (nSPS) is 12.6. The molecule has 0 saturated carbocycles. The minimum Gasteiger partial charge on any atom is -0.341 e. The first-order chi connectivity index (χ1) is 7.60. The summed E-state index contributed by atoms with van der Waals surface area (Å²) in [6.45, 7) is 6.65. The van der Waals surface area contributed by atoms with Gasteiger partial charge in [0.25, 0.3) is 0 Å². The lowest BCUT2D eigenvalue weighted by Crippen LogP contribution is -2.40. The number of hydrogen-bond donors (Lipinski definition) is 2. The third kappa shape index (κ3) is 8.57. The van der Waals surface area contributed by atoms with Gasteiger partial charge in [0.05, 0.1) is 0 Å². The van der Waals surface area contributed by atoms with Crippen LogP contribution in [0.25, 0.3) is 0 Å². The Bertz CT molecular complexity index is 181. The number of urea groups is 1. The molecule has 0 fully saturated rings. The summed E-state index contributed by atoms with van der Waals surface area (Å²) in [6, 6.07) is 0.271. The van der Waals surface area contributed by atoms with Crippen LogP contribution in [0.3, 0.4) is 0 Å². The molecule has 1 unspecified atom stereocenters. The van der Waals surface area contributed by atoms with Crippen molar-refractivity contribution in [2.24, 2.45) is 5.92 Å². The van der Waals surface area contributed by atoms with E-state index in [-0.39, 0.29) is 6.03 Å². The SMILES string of the molecule is CCC(CCCCCC(C)C)NC(=O)NC. The zero-order valence-corrected chi connectivity index (χ0v) is 11.3. The molecule has 0 aromatic carbocycles. The first-order valence-corrected chi connectivity index (χ1v) is 6.58. The molecule has 0 saturated heterocycles. The van der Waals surface area contributed by atoms with Crippen LogP contribution in [0, 0.1) is 5.92 Å². The maximum absolute atomic E-state index is 11.1. The number of carbonyl (C=O) groups excluding carboxylic acids is 1. The molecule has 16 heavy (non-hydrogen) atoms. The number of hydrogen-bond acceptors (Lipinski definition) is 1. The van der Waals surface area contributed by atoms with Crippen LogP contribution in [-0.4, -0.2) is 19.1 Å². The van der Waals surface area contributed by atoms with E-state index in [1.165, 1.54) is 25.7 Å². The molecular formula is C13H28N2O. The van der Waals surface area contributed by atoms with Crippen LogP contribution in [0.2, 0.25) is 0 Å². The van der Waals surface area contributed by atoms with Crippen LogP contribution in [0.15, 0.2) is 0 Å². The van der Waals surface area contributed by atoms with E-state index < -0.39 is 0 Å². The van der Waals surface area contributed by atoms with E-state index >= 15 is 0 Å². The molecule has 0 spiro atoms. The molecule has 0 aliphatic rings. The molecule has 0 aliphatic carbocycles. The number of unbranched alkanes of at least 4 members (excludes halogenated alkanes) is 2. The molecule has 3 nitrogen and oxygen atoms in total. The van der Waals surface area contributed by atoms with Gasteiger partial charge in [0.15, 0.2) is 0 Å². The molecule has 0 aromatic rings. The molecular weight excluding hydrogens is 200 g/mol. The third-order valence-corrected chi connectivity index (χ3v) is 2.89. The van der Waals surface area contributed by atoms with Crippen molar-refractivity contribution in [1.29, 1.82) is 0 Å². The number of carbonyl (C=O) groups is 1. The second-order valence-electron chi connectivity index (χ2n) is 4.86. The van der Waals surface area contributed by atoms with E-state index in [2.05, 4.69) is 31.4 Å². The molecule has 3 heteroatoms. The van der Waals surface area contributed by atoms with Crippen molar-refractivity contribution in [3.63, 3.8) is 0 Å². The summed E-state index contributed by atoms with van der Waals surface area (Å²) in [6.07, 6.45) is 7.24. The van der Waals surface area contributed by atoms with E-state index in [9.17, 15) is 4.79 Å². The maximum atomic E-state index is 11.1. The summed E-state index contributed by atoms with van der Waals surface area (Å²) in [5.74, 6) is 0.811. The molecule has 0 radical (unpaired) electrons. The van der Waals surface area contributed by atoms with Crippen LogP contribution in [0.4, 0.5) is 4.79 Å². The van der Waals surface area contributed by atoms with Gasteiger partial charge >= 0.3 is 6.03 Å². The number of nitrogens with one attached hydrogen (secondary N) is 2. The molecule has 2 amide bonds. The first-order valence-electron chi connectivity index (χ1n) is 6.58. The topological polar surface area (TPSA) is 41.1 Å². The predicted molar refractivity (Wildman–Crippen MR) is 69.6 cm³/mol. The maximum Gasteiger partial charge on any atom is 0.314 e. The van der Waals surface area contributed by atoms with Crippen molar-refractivity contribution in [3.8, 4) is 0 Å². The summed E-state index contributed by atoms with van der Waals surface area (Å²) >= 11 is 0. The zero-order chi connectivity index (χ0) is 12.4. The Hall–Kier alpha value is -0.730. The van der Waals surface area contributed by atoms with Gasteiger partial charge in [0.1, 0.15) is 0 Å². The van der Waals surface area contributed by atoms with Crippen molar-refractivity contribution in [2.75, 3.05) is 7.05 Å². The Morgan fingerprint density at radius 2 is 1.75 bits per heavy atom. The Morgan fingerprint density at radius 1 is 1.12 bits per heavy atom. The highest BCUT2D eigenvalue weighted by Gasteiger charge is 2.08. The van der Waals surface area contributed by atoms with Crippen molar-refractivity contribution in [3.05, 3.63) is 0 Å². The minimum atomic E-state index is -0.0611. The van der Waals surface area contributed by atoms with Crippen LogP contribution < -0.4 is 10.6 Å². The number of amides is 2. The van der Waals surface area contributed by atoms with Gasteiger partial charge in [-0.1, -0.05) is 46.5 Å². The van der Waals surface area contributed by atoms with Crippen molar-refractivity contribution >= 4 is 6.03 Å². The standard InChI is InChI=1S/C13H28N2O/c1-5-12(15-13(16)14-4)10-8-6-7-9-11(2)3/h11-12H,5-10H2,1-4H3,(H2,14,15,16). The third-order valence-electron chi connectivity index (χ3n) is 2.89. The molecule has 0 aromatic heterocycles. The highest BCUT2D eigenvalue weighted by Crippen LogP contribution is 2.11. The average molecular weight is 228 g/mol. The van der Waals surface area contributed by atoms with Gasteiger partial charge in [-0.2, -0.15) is 0 Å². The van der Waals surface area contributed by atoms with Gasteiger partial charge in [0.2, 0.25) is 0 Å². The van der Waals surface area contributed by atoms with Gasteiger partial charge in [-0.15, -0.1) is 0 Å². The van der Waals surface area contributed by atoms with Crippen molar-refractivity contribution in [1.82, 2.24) is 10.6 Å². The second kappa shape index (κ2) is 9.49. The molecule has 0 heterocycles. The Labute approximate surface area is 100 Å². The smallest absolute Gasteiger partial charge is 0.314 e. The fourth-order valence-corrected chi connectivity index (χ4v) is 1.76. The largest absolute Gasteiger partial charge is 0.341 e. The van der Waals surface area contributed by atoms with Crippen LogP contribution in [-0.2, 0) is 0 Å². The van der Waals surface area contributed by atoms with E-state index in [4.69, 9.17) is 0 Å². The van der Waals surface area contributed by atoms with E-state index in [1.54, 1.807) is 7.05 Å². The fraction of sp³-hybridized carbons (Fsp3) is 0.923. The average Bonchev–Trinajstić information content (AvgIpc) is 2.26. The van der Waals surface area contributed by atoms with Gasteiger partial charge in [-0.05, 0) is 18.8 Å². The van der Waals surface area contributed by atoms with E-state index in [0.717, 1.165) is 18.8 Å². The summed E-state index contributed by atoms with van der Waals surface area (Å²) in [4.78, 5) is 11.1. The molecule has 0 rings (SSSR count). The van der Waals surface area contributed by atoms with Crippen LogP contribution in [0.1, 0.15) is 59.3 Å². The van der Waals surface area contributed by atoms with Crippen molar-refractivity contribution < 1.29 is 4.79 Å². The molecule has 2 N–H and O–H groups in total.